The number of nitrogens with zero attached hydrogens (tertiary/aromatic N) is 6. The average molecular weight is 610 g/mol. The van der Waals surface area contributed by atoms with Gasteiger partial charge in [-0.3, -0.25) is 14.8 Å². The van der Waals surface area contributed by atoms with Crippen molar-refractivity contribution in [3.05, 3.63) is 95.4 Å². The van der Waals surface area contributed by atoms with Crippen molar-refractivity contribution >= 4 is 45.6 Å². The second kappa shape index (κ2) is 13.2. The maximum Gasteiger partial charge on any atom is 0.172 e. The number of aromatic nitrogens is 3. The van der Waals surface area contributed by atoms with Crippen LogP contribution < -0.4 is 5.32 Å². The number of halogens is 1. The molecule has 0 bridgehead atoms. The van der Waals surface area contributed by atoms with Crippen molar-refractivity contribution in [2.75, 3.05) is 44.6 Å². The van der Waals surface area contributed by atoms with Gasteiger partial charge >= 0.3 is 0 Å². The third kappa shape index (κ3) is 6.69. The predicted octanol–water partition coefficient (Wildman–Crippen LogP) is 6.17. The monoisotopic (exact) mass is 609 g/mol. The minimum Gasteiger partial charge on any atom is -0.395 e. The van der Waals surface area contributed by atoms with Crippen LogP contribution in [0, 0.1) is 11.3 Å². The first kappa shape index (κ1) is 29.2. The minimum absolute atomic E-state index is 0.221. The summed E-state index contributed by atoms with van der Waals surface area (Å²) in [5.74, 6) is 0. The highest BCUT2D eigenvalue weighted by atomic mass is 35.5. The Morgan fingerprint density at radius 2 is 1.74 bits per heavy atom. The molecule has 8 nitrogen and oxygen atoms in total. The smallest absolute Gasteiger partial charge is 0.172 e. The molecule has 1 aliphatic heterocycles. The number of hydrogen-bond acceptors (Lipinski definition) is 8. The number of piperazine rings is 1. The molecule has 10 heteroatoms. The normalized spacial score (nSPS) is 14.2. The molecule has 0 saturated carbocycles. The lowest BCUT2D eigenvalue weighted by Gasteiger charge is -2.34. The van der Waals surface area contributed by atoms with Crippen molar-refractivity contribution in [1.29, 1.82) is 5.26 Å². The summed E-state index contributed by atoms with van der Waals surface area (Å²) in [6.45, 7) is 5.92. The fraction of sp³-hybridized carbons (Fsp3) is 0.242. The Kier molecular flexibility index (Phi) is 8.93. The van der Waals surface area contributed by atoms with Gasteiger partial charge in [0.15, 0.2) is 5.16 Å². The van der Waals surface area contributed by atoms with E-state index in [4.69, 9.17) is 16.7 Å². The number of hydrogen-bond donors (Lipinski definition) is 2. The summed E-state index contributed by atoms with van der Waals surface area (Å²) in [7, 11) is 1.95. The molecule has 3 aromatic carbocycles. The zero-order valence-electron chi connectivity index (χ0n) is 23.9. The Hall–Kier alpha value is -3.91. The number of nitriles is 1. The standard InChI is InChI=1S/C33H32ClN7OS/c1-39-11-10-36-33(39)43-31-9-7-27(19-29(31)34)38-32-26(20-35)21-37-30-18-25(6-8-28(30)32)24-4-2-23(3-5-24)22-41-14-12-40(13-15-41)16-17-42/h2-11,18-19,21,42H,12-17,22H2,1H3,(H,37,38). The second-order valence-corrected chi connectivity index (χ2v) is 12.0. The molecule has 43 heavy (non-hydrogen) atoms. The van der Waals surface area contributed by atoms with Gasteiger partial charge in [0.1, 0.15) is 6.07 Å². The number of β-amino-alcohol motifs (C(OH)–C–C–N with tert-alkyl or cyclic N) is 1. The maximum atomic E-state index is 9.85. The van der Waals surface area contributed by atoms with Crippen LogP contribution in [0.5, 0.6) is 0 Å². The van der Waals surface area contributed by atoms with Gasteiger partial charge in [-0.2, -0.15) is 5.26 Å². The topological polar surface area (TPSA) is 93.2 Å². The Morgan fingerprint density at radius 3 is 2.44 bits per heavy atom. The average Bonchev–Trinajstić information content (AvgIpc) is 3.43. The molecule has 6 rings (SSSR count). The summed E-state index contributed by atoms with van der Waals surface area (Å²) in [5.41, 5.74) is 6.22. The van der Waals surface area contributed by atoms with Gasteiger partial charge in [0.2, 0.25) is 0 Å². The molecule has 1 aliphatic rings. The van der Waals surface area contributed by atoms with Gasteiger partial charge in [0.05, 0.1) is 28.4 Å². The number of aryl methyl sites for hydroxylation is 1. The summed E-state index contributed by atoms with van der Waals surface area (Å²) < 4.78 is 1.95. The molecule has 0 amide bonds. The molecule has 0 aliphatic carbocycles. The molecule has 0 spiro atoms. The van der Waals surface area contributed by atoms with Crippen LogP contribution in [0.15, 0.2) is 89.3 Å². The first-order valence-electron chi connectivity index (χ1n) is 14.2. The maximum absolute atomic E-state index is 9.85. The van der Waals surface area contributed by atoms with Crippen molar-refractivity contribution in [2.24, 2.45) is 7.05 Å². The largest absolute Gasteiger partial charge is 0.395 e. The number of benzene rings is 3. The molecule has 1 saturated heterocycles. The van der Waals surface area contributed by atoms with Gasteiger partial charge in [0.25, 0.3) is 0 Å². The molecule has 0 radical (unpaired) electrons. The van der Waals surface area contributed by atoms with Crippen LogP contribution in [0.3, 0.4) is 0 Å². The van der Waals surface area contributed by atoms with E-state index in [0.29, 0.717) is 16.3 Å². The summed E-state index contributed by atoms with van der Waals surface area (Å²) in [5, 5.41) is 24.8. The van der Waals surface area contributed by atoms with Crippen LogP contribution in [0.2, 0.25) is 5.02 Å². The van der Waals surface area contributed by atoms with E-state index < -0.39 is 0 Å². The number of aliphatic hydroxyl groups is 1. The molecule has 2 aromatic heterocycles. The van der Waals surface area contributed by atoms with E-state index in [-0.39, 0.29) is 6.61 Å². The van der Waals surface area contributed by atoms with E-state index in [2.05, 4.69) is 67.6 Å². The quantitative estimate of drug-likeness (QED) is 0.205. The number of aliphatic hydroxyl groups excluding tert-OH is 1. The highest BCUT2D eigenvalue weighted by Crippen LogP contribution is 2.36. The number of anilines is 2. The van der Waals surface area contributed by atoms with Crippen LogP contribution in [0.25, 0.3) is 22.0 Å². The predicted molar refractivity (Wildman–Crippen MR) is 173 cm³/mol. The van der Waals surface area contributed by atoms with Gasteiger partial charge in [-0.25, -0.2) is 4.98 Å². The molecule has 5 aromatic rings. The first-order chi connectivity index (χ1) is 21.0. The summed E-state index contributed by atoms with van der Waals surface area (Å²) in [4.78, 5) is 14.6. The van der Waals surface area contributed by atoms with E-state index in [1.54, 1.807) is 12.4 Å². The molecule has 3 heterocycles. The van der Waals surface area contributed by atoms with Crippen molar-refractivity contribution in [2.45, 2.75) is 16.6 Å². The van der Waals surface area contributed by atoms with E-state index in [9.17, 15) is 5.26 Å². The van der Waals surface area contributed by atoms with E-state index in [0.717, 1.165) is 77.0 Å². The van der Waals surface area contributed by atoms with Gasteiger partial charge < -0.3 is 15.0 Å². The third-order valence-corrected chi connectivity index (χ3v) is 9.32. The van der Waals surface area contributed by atoms with Crippen molar-refractivity contribution in [3.63, 3.8) is 0 Å². The SMILES string of the molecule is Cn1ccnc1Sc1ccc(Nc2c(C#N)cnc3cc(-c4ccc(CN5CCN(CCO)CC5)cc4)ccc23)cc1Cl. The van der Waals surface area contributed by atoms with E-state index in [1.165, 1.54) is 17.3 Å². The zero-order chi connectivity index (χ0) is 29.8. The molecule has 2 N–H and O–H groups in total. The Morgan fingerprint density at radius 1 is 0.977 bits per heavy atom. The number of rotatable bonds is 9. The summed E-state index contributed by atoms with van der Waals surface area (Å²) in [6.07, 6.45) is 5.27. The van der Waals surface area contributed by atoms with Gasteiger partial charge in [-0.1, -0.05) is 59.8 Å². The zero-order valence-corrected chi connectivity index (χ0v) is 25.4. The molecular weight excluding hydrogens is 578 g/mol. The fourth-order valence-electron chi connectivity index (χ4n) is 5.32. The number of pyridine rings is 1. The molecule has 218 valence electrons. The van der Waals surface area contributed by atoms with E-state index >= 15 is 0 Å². The second-order valence-electron chi connectivity index (χ2n) is 10.6. The van der Waals surface area contributed by atoms with Crippen molar-refractivity contribution < 1.29 is 5.11 Å². The highest BCUT2D eigenvalue weighted by Gasteiger charge is 2.17. The lowest BCUT2D eigenvalue weighted by molar-refractivity contribution is 0.108. The number of fused-ring (bicyclic) bond motifs is 1. The van der Waals surface area contributed by atoms with Gasteiger partial charge in [0, 0.05) is 80.9 Å². The number of nitrogens with one attached hydrogen (secondary N) is 1. The van der Waals surface area contributed by atoms with Crippen LogP contribution in [-0.4, -0.2) is 68.8 Å². The molecule has 1 fully saturated rings. The molecular formula is C33H32ClN7OS. The number of imidazole rings is 1. The van der Waals surface area contributed by atoms with E-state index in [1.807, 2.05) is 42.1 Å². The molecule has 0 atom stereocenters. The Balaban J connectivity index is 1.19. The third-order valence-electron chi connectivity index (χ3n) is 7.74. The lowest BCUT2D eigenvalue weighted by Crippen LogP contribution is -2.46. The van der Waals surface area contributed by atoms with Gasteiger partial charge in [-0.05, 0) is 41.0 Å². The van der Waals surface area contributed by atoms with Crippen LogP contribution >= 0.6 is 23.4 Å². The lowest BCUT2D eigenvalue weighted by atomic mass is 10.0. The van der Waals surface area contributed by atoms with Crippen molar-refractivity contribution in [3.8, 4) is 17.2 Å². The Bertz CT molecular complexity index is 1780. The molecule has 0 unspecified atom stereocenters. The summed E-state index contributed by atoms with van der Waals surface area (Å²) >= 11 is 8.14. The van der Waals surface area contributed by atoms with Crippen LogP contribution in [0.4, 0.5) is 11.4 Å². The van der Waals surface area contributed by atoms with Crippen LogP contribution in [-0.2, 0) is 13.6 Å². The summed E-state index contributed by atoms with van der Waals surface area (Å²) in [6, 6.07) is 22.9. The minimum atomic E-state index is 0.221. The van der Waals surface area contributed by atoms with Gasteiger partial charge in [-0.15, -0.1) is 0 Å². The van der Waals surface area contributed by atoms with Crippen LogP contribution in [0.1, 0.15) is 11.1 Å². The first-order valence-corrected chi connectivity index (χ1v) is 15.4. The van der Waals surface area contributed by atoms with Crippen molar-refractivity contribution in [1.82, 2.24) is 24.3 Å². The highest BCUT2D eigenvalue weighted by molar-refractivity contribution is 7.99. The Labute approximate surface area is 260 Å². The fourth-order valence-corrected chi connectivity index (χ4v) is 6.42.